The van der Waals surface area contributed by atoms with E-state index in [9.17, 15) is 9.18 Å². The summed E-state index contributed by atoms with van der Waals surface area (Å²) in [7, 11) is 1.53. The number of aliphatic hydroxyl groups is 1. The molecule has 5 aromatic rings. The average molecular weight is 550 g/mol. The molecule has 0 bridgehead atoms. The van der Waals surface area contributed by atoms with E-state index in [4.69, 9.17) is 19.3 Å². The Kier molecular flexibility index (Phi) is 7.48. The van der Waals surface area contributed by atoms with Crippen molar-refractivity contribution in [2.24, 2.45) is 0 Å². The Labute approximate surface area is 226 Å². The zero-order valence-electron chi connectivity index (χ0n) is 21.3. The summed E-state index contributed by atoms with van der Waals surface area (Å²) in [6.07, 6.45) is 1.58. The highest BCUT2D eigenvalue weighted by molar-refractivity contribution is 7.21. The minimum Gasteiger partial charge on any atom is -0.487 e. The first-order valence-electron chi connectivity index (χ1n) is 11.9. The predicted octanol–water partition coefficient (Wildman–Crippen LogP) is 5.27. The third-order valence-electron chi connectivity index (χ3n) is 5.67. The topological polar surface area (TPSA) is 129 Å². The third-order valence-corrected chi connectivity index (χ3v) is 6.72. The molecular weight excluding hydrogens is 525 g/mol. The second-order valence-corrected chi connectivity index (χ2v) is 9.74. The van der Waals surface area contributed by atoms with Crippen molar-refractivity contribution in [2.75, 3.05) is 19.0 Å². The number of methoxy groups -OCH3 is 1. The molecule has 3 heterocycles. The van der Waals surface area contributed by atoms with Gasteiger partial charge in [0, 0.05) is 17.7 Å². The van der Waals surface area contributed by atoms with E-state index in [0.717, 1.165) is 15.8 Å². The molecule has 0 radical (unpaired) electrons. The number of aliphatic hydroxyl groups excluding tert-OH is 1. The number of anilines is 1. The van der Waals surface area contributed by atoms with Crippen molar-refractivity contribution in [3.63, 3.8) is 0 Å². The van der Waals surface area contributed by atoms with Crippen LogP contribution < -0.4 is 14.8 Å². The van der Waals surface area contributed by atoms with E-state index in [1.54, 1.807) is 31.3 Å². The van der Waals surface area contributed by atoms with Crippen LogP contribution in [0.25, 0.3) is 31.8 Å². The van der Waals surface area contributed by atoms with E-state index >= 15 is 0 Å². The van der Waals surface area contributed by atoms with Crippen LogP contribution in [0.2, 0.25) is 0 Å². The maximum absolute atomic E-state index is 14.9. The molecule has 200 valence electrons. The molecule has 0 saturated heterocycles. The fraction of sp³-hybridized carbons (Fsp3) is 0.222. The lowest BCUT2D eigenvalue weighted by Crippen LogP contribution is -2.25. The van der Waals surface area contributed by atoms with Crippen molar-refractivity contribution in [1.29, 1.82) is 0 Å². The summed E-state index contributed by atoms with van der Waals surface area (Å²) in [6.45, 7) is 3.32. The van der Waals surface area contributed by atoms with Gasteiger partial charge in [-0.2, -0.15) is 0 Å². The standard InChI is InChI=1S/C27H24FN5O5S/c1-14-6-18(25-21(7-14)32-24(36-3)11-30-25)26-33-20-8-19(28)22(9-23(20)39-26)37-13-15(2)38-27(35)31-16-4-5-17(12-34)29-10-16/h4-11,15,34H,12-13H2,1-3H3,(H,31,35)/t15-/m1/s1. The number of fused-ring (bicyclic) bond motifs is 2. The van der Waals surface area contributed by atoms with Gasteiger partial charge in [0.05, 0.1) is 58.7 Å². The summed E-state index contributed by atoms with van der Waals surface area (Å²) in [5, 5.41) is 12.3. The molecule has 3 aromatic heterocycles. The number of halogens is 1. The van der Waals surface area contributed by atoms with E-state index in [-0.39, 0.29) is 19.0 Å². The average Bonchev–Trinajstić information content (AvgIpc) is 3.33. The quantitative estimate of drug-likeness (QED) is 0.266. The highest BCUT2D eigenvalue weighted by Gasteiger charge is 2.17. The first-order valence-corrected chi connectivity index (χ1v) is 12.7. The number of thiazole rings is 1. The minimum atomic E-state index is -0.709. The maximum Gasteiger partial charge on any atom is 0.412 e. The number of amides is 1. The number of hydrogen-bond donors (Lipinski definition) is 2. The van der Waals surface area contributed by atoms with Crippen molar-refractivity contribution in [2.45, 2.75) is 26.6 Å². The summed E-state index contributed by atoms with van der Waals surface area (Å²) < 4.78 is 31.7. The highest BCUT2D eigenvalue weighted by Crippen LogP contribution is 2.37. The van der Waals surface area contributed by atoms with Crippen LogP contribution in [0.5, 0.6) is 11.6 Å². The molecule has 10 nitrogen and oxygen atoms in total. The Morgan fingerprint density at radius 3 is 2.72 bits per heavy atom. The van der Waals surface area contributed by atoms with Gasteiger partial charge in [-0.1, -0.05) is 0 Å². The van der Waals surface area contributed by atoms with Gasteiger partial charge in [0.2, 0.25) is 5.88 Å². The van der Waals surface area contributed by atoms with Crippen LogP contribution in [-0.2, 0) is 11.3 Å². The summed E-state index contributed by atoms with van der Waals surface area (Å²) in [6, 6.07) is 9.96. The summed E-state index contributed by atoms with van der Waals surface area (Å²) >= 11 is 1.38. The molecule has 0 aliphatic carbocycles. The monoisotopic (exact) mass is 549 g/mol. The number of carbonyl (C=O) groups is 1. The maximum atomic E-state index is 14.9. The van der Waals surface area contributed by atoms with Crippen LogP contribution in [-0.4, -0.2) is 51.0 Å². The SMILES string of the molecule is COc1cnc2c(-c3nc4cc(F)c(OC[C@@H](C)OC(=O)Nc5ccc(CO)nc5)cc4s3)cc(C)cc2n1. The number of nitrogens with one attached hydrogen (secondary N) is 1. The Morgan fingerprint density at radius 2 is 1.97 bits per heavy atom. The van der Waals surface area contributed by atoms with E-state index in [0.29, 0.717) is 38.8 Å². The second-order valence-electron chi connectivity index (χ2n) is 8.71. The van der Waals surface area contributed by atoms with Crippen molar-refractivity contribution < 1.29 is 28.5 Å². The van der Waals surface area contributed by atoms with Crippen molar-refractivity contribution >= 4 is 44.4 Å². The molecule has 5 rings (SSSR count). The number of nitrogens with zero attached hydrogens (tertiary/aromatic N) is 4. The van der Waals surface area contributed by atoms with Gasteiger partial charge in [-0.3, -0.25) is 10.3 Å². The number of carbonyl (C=O) groups excluding carboxylic acids is 1. The van der Waals surface area contributed by atoms with Gasteiger partial charge < -0.3 is 19.3 Å². The van der Waals surface area contributed by atoms with E-state index < -0.39 is 18.0 Å². The molecule has 1 atom stereocenters. The van der Waals surface area contributed by atoms with Crippen LogP contribution in [0.4, 0.5) is 14.9 Å². The molecule has 0 fully saturated rings. The highest BCUT2D eigenvalue weighted by atomic mass is 32.1. The molecule has 12 heteroatoms. The van der Waals surface area contributed by atoms with Gasteiger partial charge in [-0.25, -0.2) is 24.1 Å². The molecule has 0 spiro atoms. The Balaban J connectivity index is 1.29. The van der Waals surface area contributed by atoms with Gasteiger partial charge in [0.1, 0.15) is 17.7 Å². The molecule has 0 unspecified atom stereocenters. The van der Waals surface area contributed by atoms with Crippen LogP contribution in [0.1, 0.15) is 18.2 Å². The Morgan fingerprint density at radius 1 is 1.13 bits per heavy atom. The zero-order valence-corrected chi connectivity index (χ0v) is 22.1. The molecule has 2 N–H and O–H groups in total. The van der Waals surface area contributed by atoms with Gasteiger partial charge in [0.25, 0.3) is 0 Å². The lowest BCUT2D eigenvalue weighted by molar-refractivity contribution is 0.0844. The van der Waals surface area contributed by atoms with Gasteiger partial charge in [-0.15, -0.1) is 11.3 Å². The predicted molar refractivity (Wildman–Crippen MR) is 145 cm³/mol. The number of benzene rings is 2. The number of aryl methyl sites for hydroxylation is 1. The van der Waals surface area contributed by atoms with Crippen LogP contribution in [0.15, 0.2) is 48.8 Å². The number of hydrogen-bond acceptors (Lipinski definition) is 10. The van der Waals surface area contributed by atoms with E-state index in [2.05, 4.69) is 25.3 Å². The fourth-order valence-electron chi connectivity index (χ4n) is 3.83. The normalized spacial score (nSPS) is 11.9. The van der Waals surface area contributed by atoms with Crippen molar-refractivity contribution in [3.05, 3.63) is 65.9 Å². The molecule has 0 aliphatic heterocycles. The minimum absolute atomic E-state index is 0.0241. The second kappa shape index (κ2) is 11.1. The van der Waals surface area contributed by atoms with Gasteiger partial charge in [-0.05, 0) is 43.7 Å². The number of rotatable bonds is 8. The fourth-order valence-corrected chi connectivity index (χ4v) is 4.82. The third kappa shape index (κ3) is 5.86. The van der Waals surface area contributed by atoms with Crippen molar-refractivity contribution in [1.82, 2.24) is 19.9 Å². The number of pyridine rings is 1. The Hall–Kier alpha value is -4.42. The first-order chi connectivity index (χ1) is 18.8. The summed E-state index contributed by atoms with van der Waals surface area (Å²) in [5.41, 5.74) is 4.49. The molecule has 1 amide bonds. The Bertz CT molecular complexity index is 1660. The molecular formula is C27H24FN5O5S. The van der Waals surface area contributed by atoms with Crippen LogP contribution in [0.3, 0.4) is 0 Å². The molecule has 0 saturated carbocycles. The first kappa shape index (κ1) is 26.2. The lowest BCUT2D eigenvalue weighted by atomic mass is 10.1. The van der Waals surface area contributed by atoms with Crippen molar-refractivity contribution in [3.8, 4) is 22.2 Å². The van der Waals surface area contributed by atoms with Crippen LogP contribution in [0, 0.1) is 12.7 Å². The smallest absolute Gasteiger partial charge is 0.412 e. The molecule has 2 aromatic carbocycles. The summed E-state index contributed by atoms with van der Waals surface area (Å²) in [5.74, 6) is -0.141. The lowest BCUT2D eigenvalue weighted by Gasteiger charge is -2.15. The summed E-state index contributed by atoms with van der Waals surface area (Å²) in [4.78, 5) is 29.7. The number of ether oxygens (including phenoxy) is 3. The molecule has 39 heavy (non-hydrogen) atoms. The largest absolute Gasteiger partial charge is 0.487 e. The van der Waals surface area contributed by atoms with Crippen LogP contribution >= 0.6 is 11.3 Å². The number of aromatic nitrogens is 4. The van der Waals surface area contributed by atoms with Gasteiger partial charge >= 0.3 is 6.09 Å². The van der Waals surface area contributed by atoms with Gasteiger partial charge in [0.15, 0.2) is 11.6 Å². The van der Waals surface area contributed by atoms with E-state index in [1.807, 2.05) is 19.1 Å². The zero-order chi connectivity index (χ0) is 27.5. The van der Waals surface area contributed by atoms with E-state index in [1.165, 1.54) is 30.7 Å². The molecule has 0 aliphatic rings.